The predicted octanol–water partition coefficient (Wildman–Crippen LogP) is 1.88. The molecule has 0 spiro atoms. The Labute approximate surface area is 125 Å². The van der Waals surface area contributed by atoms with E-state index in [1.807, 2.05) is 0 Å². The molecule has 8 heteroatoms. The molecule has 0 saturated carbocycles. The lowest BCUT2D eigenvalue weighted by Crippen LogP contribution is -2.26. The normalized spacial score (nSPS) is 22.6. The lowest BCUT2D eigenvalue weighted by molar-refractivity contribution is 0.0621. The summed E-state index contributed by atoms with van der Waals surface area (Å²) < 4.78 is 11.2. The molecule has 0 aromatic carbocycles. The second-order valence-electron chi connectivity index (χ2n) is 4.66. The van der Waals surface area contributed by atoms with Crippen LogP contribution in [0.25, 0.3) is 11.0 Å². The molecule has 2 atom stereocenters. The zero-order valence-corrected chi connectivity index (χ0v) is 12.3. The average Bonchev–Trinajstić information content (AvgIpc) is 3.02. The van der Waals surface area contributed by atoms with E-state index in [-0.39, 0.29) is 17.3 Å². The first-order chi connectivity index (χ1) is 9.69. The highest BCUT2D eigenvalue weighted by Crippen LogP contribution is 2.31. The fraction of sp³-hybridized carbons (Fsp3) is 0.500. The van der Waals surface area contributed by atoms with Crippen molar-refractivity contribution in [2.75, 3.05) is 26.8 Å². The minimum atomic E-state index is 0.124. The second-order valence-corrected chi connectivity index (χ2v) is 5.41. The molecule has 0 radical (unpaired) electrons. The van der Waals surface area contributed by atoms with Gasteiger partial charge in [-0.15, -0.1) is 0 Å². The Morgan fingerprint density at radius 3 is 3.00 bits per heavy atom. The van der Waals surface area contributed by atoms with Crippen LogP contribution in [-0.2, 0) is 4.74 Å². The highest BCUT2D eigenvalue weighted by Gasteiger charge is 2.28. The standard InChI is InChI=1S/C12H14Cl2N4O2/c1-19-8-4-15-2-6(8)5-20-11-9-7(13)3-16-10(9)17-12(14)18-11/h3,6,8,15H,2,4-5H2,1H3,(H,16,17,18)/t6-,8+/m1/s1. The van der Waals surface area contributed by atoms with Crippen molar-refractivity contribution in [1.82, 2.24) is 20.3 Å². The van der Waals surface area contributed by atoms with Crippen molar-refractivity contribution in [1.29, 1.82) is 0 Å². The Balaban J connectivity index is 1.82. The van der Waals surface area contributed by atoms with Crippen LogP contribution in [0.1, 0.15) is 0 Å². The van der Waals surface area contributed by atoms with Crippen LogP contribution in [0.4, 0.5) is 0 Å². The van der Waals surface area contributed by atoms with Crippen LogP contribution in [0.5, 0.6) is 5.88 Å². The lowest BCUT2D eigenvalue weighted by atomic mass is 10.1. The number of aromatic nitrogens is 3. The Hall–Kier alpha value is -1.08. The number of hydrogen-bond acceptors (Lipinski definition) is 5. The molecule has 0 bridgehead atoms. The van der Waals surface area contributed by atoms with Crippen LogP contribution in [0.2, 0.25) is 10.3 Å². The molecular weight excluding hydrogens is 303 g/mol. The Morgan fingerprint density at radius 2 is 2.20 bits per heavy atom. The summed E-state index contributed by atoms with van der Waals surface area (Å²) in [6.45, 7) is 2.16. The average molecular weight is 317 g/mol. The molecule has 0 unspecified atom stereocenters. The van der Waals surface area contributed by atoms with Gasteiger partial charge in [-0.25, -0.2) is 0 Å². The number of rotatable bonds is 4. The molecule has 3 heterocycles. The number of hydrogen-bond donors (Lipinski definition) is 2. The first-order valence-electron chi connectivity index (χ1n) is 6.25. The van der Waals surface area contributed by atoms with Crippen LogP contribution in [-0.4, -0.2) is 47.9 Å². The molecule has 1 fully saturated rings. The number of halogens is 2. The summed E-state index contributed by atoms with van der Waals surface area (Å²) in [5.74, 6) is 0.662. The summed E-state index contributed by atoms with van der Waals surface area (Å²) in [4.78, 5) is 11.1. The van der Waals surface area contributed by atoms with E-state index < -0.39 is 0 Å². The molecule has 6 nitrogen and oxygen atoms in total. The van der Waals surface area contributed by atoms with Crippen molar-refractivity contribution in [3.05, 3.63) is 16.5 Å². The third kappa shape index (κ3) is 2.56. The van der Waals surface area contributed by atoms with E-state index in [1.54, 1.807) is 13.3 Å². The quantitative estimate of drug-likeness (QED) is 0.843. The zero-order chi connectivity index (χ0) is 14.1. The molecule has 2 aromatic heterocycles. The van der Waals surface area contributed by atoms with Crippen molar-refractivity contribution < 1.29 is 9.47 Å². The Kier molecular flexibility index (Phi) is 3.98. The van der Waals surface area contributed by atoms with Gasteiger partial charge < -0.3 is 19.8 Å². The van der Waals surface area contributed by atoms with Crippen molar-refractivity contribution in [2.24, 2.45) is 5.92 Å². The van der Waals surface area contributed by atoms with Gasteiger partial charge in [0, 0.05) is 32.3 Å². The van der Waals surface area contributed by atoms with E-state index in [0.717, 1.165) is 13.1 Å². The number of H-pyrrole nitrogens is 1. The molecule has 2 aromatic rings. The van der Waals surface area contributed by atoms with Gasteiger partial charge >= 0.3 is 0 Å². The largest absolute Gasteiger partial charge is 0.477 e. The van der Waals surface area contributed by atoms with Gasteiger partial charge in [0.25, 0.3) is 0 Å². The minimum absolute atomic E-state index is 0.124. The van der Waals surface area contributed by atoms with Gasteiger partial charge in [0.1, 0.15) is 5.65 Å². The third-order valence-corrected chi connectivity index (χ3v) is 3.90. The highest BCUT2D eigenvalue weighted by atomic mass is 35.5. The molecule has 0 aliphatic carbocycles. The zero-order valence-electron chi connectivity index (χ0n) is 10.8. The van der Waals surface area contributed by atoms with Crippen LogP contribution in [0.15, 0.2) is 6.20 Å². The van der Waals surface area contributed by atoms with Gasteiger partial charge in [0.05, 0.1) is 23.1 Å². The molecular formula is C12H14Cl2N4O2. The maximum absolute atomic E-state index is 6.11. The molecule has 108 valence electrons. The van der Waals surface area contributed by atoms with Gasteiger partial charge in [-0.05, 0) is 11.6 Å². The predicted molar refractivity (Wildman–Crippen MR) is 76.6 cm³/mol. The van der Waals surface area contributed by atoms with Crippen LogP contribution >= 0.6 is 23.2 Å². The van der Waals surface area contributed by atoms with Crippen molar-refractivity contribution in [3.63, 3.8) is 0 Å². The number of nitrogens with one attached hydrogen (secondary N) is 2. The summed E-state index contributed by atoms with van der Waals surface area (Å²) in [5, 5.41) is 4.55. The number of methoxy groups -OCH3 is 1. The maximum Gasteiger partial charge on any atom is 0.228 e. The monoisotopic (exact) mass is 316 g/mol. The number of nitrogens with zero attached hydrogens (tertiary/aromatic N) is 2. The smallest absolute Gasteiger partial charge is 0.228 e. The van der Waals surface area contributed by atoms with Gasteiger partial charge in [-0.2, -0.15) is 9.97 Å². The summed E-state index contributed by atoms with van der Waals surface area (Å²) >= 11 is 12.0. The summed E-state index contributed by atoms with van der Waals surface area (Å²) in [6, 6.07) is 0. The molecule has 1 saturated heterocycles. The summed E-state index contributed by atoms with van der Waals surface area (Å²) in [6.07, 6.45) is 1.78. The topological polar surface area (TPSA) is 72.1 Å². The van der Waals surface area contributed by atoms with Gasteiger partial charge in [0.2, 0.25) is 11.2 Å². The van der Waals surface area contributed by atoms with E-state index in [4.69, 9.17) is 32.7 Å². The first kappa shape index (κ1) is 13.9. The summed E-state index contributed by atoms with van der Waals surface area (Å²) in [7, 11) is 1.70. The lowest BCUT2D eigenvalue weighted by Gasteiger charge is -2.17. The van der Waals surface area contributed by atoms with Gasteiger partial charge in [-0.3, -0.25) is 0 Å². The van der Waals surface area contributed by atoms with Crippen LogP contribution in [0, 0.1) is 5.92 Å². The summed E-state index contributed by atoms with van der Waals surface area (Å²) in [5.41, 5.74) is 0.567. The Bertz CT molecular complexity index is 619. The molecule has 1 aliphatic rings. The van der Waals surface area contributed by atoms with Gasteiger partial charge in [-0.1, -0.05) is 11.6 Å². The maximum atomic E-state index is 6.11. The van der Waals surface area contributed by atoms with E-state index >= 15 is 0 Å². The SMILES string of the molecule is CO[C@H]1CNC[C@@H]1COc1nc(Cl)nc2[nH]cc(Cl)c12. The fourth-order valence-electron chi connectivity index (χ4n) is 2.38. The van der Waals surface area contributed by atoms with E-state index in [2.05, 4.69) is 20.3 Å². The molecule has 2 N–H and O–H groups in total. The van der Waals surface area contributed by atoms with Gasteiger partial charge in [0.15, 0.2) is 0 Å². The number of aromatic amines is 1. The van der Waals surface area contributed by atoms with Crippen molar-refractivity contribution >= 4 is 34.2 Å². The third-order valence-electron chi connectivity index (χ3n) is 3.44. The van der Waals surface area contributed by atoms with Crippen molar-refractivity contribution in [2.45, 2.75) is 6.10 Å². The van der Waals surface area contributed by atoms with E-state index in [0.29, 0.717) is 28.5 Å². The van der Waals surface area contributed by atoms with E-state index in [9.17, 15) is 0 Å². The first-order valence-corrected chi connectivity index (χ1v) is 7.01. The van der Waals surface area contributed by atoms with Crippen LogP contribution < -0.4 is 10.1 Å². The van der Waals surface area contributed by atoms with Crippen molar-refractivity contribution in [3.8, 4) is 5.88 Å². The minimum Gasteiger partial charge on any atom is -0.477 e. The molecule has 3 rings (SSSR count). The number of fused-ring (bicyclic) bond motifs is 1. The molecule has 0 amide bonds. The fourth-order valence-corrected chi connectivity index (χ4v) is 2.77. The number of ether oxygens (including phenoxy) is 2. The van der Waals surface area contributed by atoms with E-state index in [1.165, 1.54) is 0 Å². The molecule has 20 heavy (non-hydrogen) atoms. The van der Waals surface area contributed by atoms with Crippen LogP contribution in [0.3, 0.4) is 0 Å². The second kappa shape index (κ2) is 5.73. The Morgan fingerprint density at radius 1 is 1.35 bits per heavy atom. The molecule has 1 aliphatic heterocycles. The highest BCUT2D eigenvalue weighted by molar-refractivity contribution is 6.36.